The van der Waals surface area contributed by atoms with Crippen LogP contribution in [0.1, 0.15) is 45.1 Å². The van der Waals surface area contributed by atoms with E-state index in [9.17, 15) is 9.59 Å². The third-order valence-corrected chi connectivity index (χ3v) is 5.80. The van der Waals surface area contributed by atoms with Crippen LogP contribution in [0.3, 0.4) is 0 Å². The average Bonchev–Trinajstić information content (AvgIpc) is 2.66. The summed E-state index contributed by atoms with van der Waals surface area (Å²) in [6, 6.07) is 3.22. The molecule has 2 amide bonds. The number of likely N-dealkylation sites (tertiary alicyclic amines) is 1. The number of alkyl halides is 1. The first-order valence-corrected chi connectivity index (χ1v) is 10.7. The molecule has 2 rings (SSSR count). The fourth-order valence-electron chi connectivity index (χ4n) is 3.53. The molecule has 1 aliphatic rings. The van der Waals surface area contributed by atoms with Crippen LogP contribution >= 0.6 is 34.8 Å². The molecule has 0 spiro atoms. The van der Waals surface area contributed by atoms with Gasteiger partial charge in [0.15, 0.2) is 0 Å². The molecule has 1 aromatic rings. The number of amides is 2. The van der Waals surface area contributed by atoms with Gasteiger partial charge in [-0.2, -0.15) is 0 Å². The van der Waals surface area contributed by atoms with Gasteiger partial charge in [0.2, 0.25) is 5.91 Å². The normalized spacial score (nSPS) is 19.6. The maximum atomic E-state index is 12.3. The number of hydrogen-bond donors (Lipinski definition) is 1. The first-order chi connectivity index (χ1) is 13.6. The topological polar surface area (TPSA) is 67.9 Å². The van der Waals surface area contributed by atoms with Crippen molar-refractivity contribution in [3.8, 4) is 5.75 Å². The number of carbonyl (C=O) groups is 2. The van der Waals surface area contributed by atoms with E-state index in [1.165, 1.54) is 0 Å². The van der Waals surface area contributed by atoms with E-state index in [-0.39, 0.29) is 30.3 Å². The molecule has 1 aromatic carbocycles. The molecule has 0 bridgehead atoms. The van der Waals surface area contributed by atoms with Crippen LogP contribution in [0.4, 0.5) is 4.79 Å². The predicted molar refractivity (Wildman–Crippen MR) is 115 cm³/mol. The van der Waals surface area contributed by atoms with Gasteiger partial charge in [-0.05, 0) is 51.7 Å². The van der Waals surface area contributed by atoms with Crippen LogP contribution in [-0.2, 0) is 9.53 Å². The van der Waals surface area contributed by atoms with Crippen molar-refractivity contribution < 1.29 is 19.1 Å². The number of carbonyl (C=O) groups excluding carboxylic acids is 2. The summed E-state index contributed by atoms with van der Waals surface area (Å²) in [6.45, 7) is 6.11. The Morgan fingerprint density at radius 3 is 2.55 bits per heavy atom. The molecule has 1 aliphatic heterocycles. The van der Waals surface area contributed by atoms with E-state index in [0.717, 1.165) is 5.56 Å². The Morgan fingerprint density at radius 2 is 1.97 bits per heavy atom. The lowest BCUT2D eigenvalue weighted by Gasteiger charge is -2.40. The molecule has 162 valence electrons. The number of rotatable bonds is 5. The standard InChI is InChI=1S/C20H27Cl3N2O4/c1-20(2,3)29-19(27)24-11-13-9-12(7-8-25(13)16(26)10-21)17-15(28-4)6-5-14(22)18(17)23/h5-6,12-13H,7-11H2,1-4H3,(H,24,27). The third kappa shape index (κ3) is 6.30. The van der Waals surface area contributed by atoms with Crippen LogP contribution < -0.4 is 10.1 Å². The zero-order valence-electron chi connectivity index (χ0n) is 17.1. The van der Waals surface area contributed by atoms with E-state index in [4.69, 9.17) is 44.3 Å². The van der Waals surface area contributed by atoms with Crippen LogP contribution in [-0.4, -0.2) is 54.6 Å². The first-order valence-electron chi connectivity index (χ1n) is 9.41. The SMILES string of the molecule is COc1ccc(Cl)c(Cl)c1C1CCN(C(=O)CCl)C(CNC(=O)OC(C)(C)C)C1. The zero-order valence-corrected chi connectivity index (χ0v) is 19.3. The fraction of sp³-hybridized carbons (Fsp3) is 0.600. The Labute approximate surface area is 186 Å². The van der Waals surface area contributed by atoms with Gasteiger partial charge in [0, 0.05) is 24.7 Å². The number of ether oxygens (including phenoxy) is 2. The molecule has 1 heterocycles. The van der Waals surface area contributed by atoms with Gasteiger partial charge in [0.1, 0.15) is 17.2 Å². The second-order valence-electron chi connectivity index (χ2n) is 7.96. The van der Waals surface area contributed by atoms with E-state index in [1.54, 1.807) is 44.9 Å². The van der Waals surface area contributed by atoms with Crippen molar-refractivity contribution in [2.75, 3.05) is 26.1 Å². The number of hydrogen-bond acceptors (Lipinski definition) is 4. The van der Waals surface area contributed by atoms with Gasteiger partial charge < -0.3 is 19.7 Å². The molecule has 0 radical (unpaired) electrons. The third-order valence-electron chi connectivity index (χ3n) is 4.75. The van der Waals surface area contributed by atoms with Gasteiger partial charge in [-0.15, -0.1) is 11.6 Å². The van der Waals surface area contributed by atoms with Crippen molar-refractivity contribution in [3.05, 3.63) is 27.7 Å². The summed E-state index contributed by atoms with van der Waals surface area (Å²) in [7, 11) is 1.58. The Bertz CT molecular complexity index is 752. The number of nitrogens with one attached hydrogen (secondary N) is 1. The van der Waals surface area contributed by atoms with E-state index in [2.05, 4.69) is 5.32 Å². The molecule has 2 unspecified atom stereocenters. The van der Waals surface area contributed by atoms with Crippen LogP contribution in [0.2, 0.25) is 10.0 Å². The average molecular weight is 466 g/mol. The molecular formula is C20H27Cl3N2O4. The maximum absolute atomic E-state index is 12.3. The van der Waals surface area contributed by atoms with Crippen LogP contribution in [0.5, 0.6) is 5.75 Å². The Morgan fingerprint density at radius 1 is 1.28 bits per heavy atom. The van der Waals surface area contributed by atoms with Gasteiger partial charge >= 0.3 is 6.09 Å². The lowest BCUT2D eigenvalue weighted by atomic mass is 9.84. The molecule has 1 saturated heterocycles. The number of methoxy groups -OCH3 is 1. The first kappa shape index (κ1) is 23.9. The van der Waals surface area contributed by atoms with Crippen LogP contribution in [0.15, 0.2) is 12.1 Å². The molecule has 1 fully saturated rings. The van der Waals surface area contributed by atoms with Gasteiger partial charge in [-0.3, -0.25) is 4.79 Å². The molecule has 0 saturated carbocycles. The Balaban J connectivity index is 2.21. The smallest absolute Gasteiger partial charge is 0.407 e. The van der Waals surface area contributed by atoms with Crippen LogP contribution in [0, 0.1) is 0 Å². The number of halogens is 3. The minimum atomic E-state index is -0.605. The van der Waals surface area contributed by atoms with E-state index in [0.29, 0.717) is 35.2 Å². The zero-order chi connectivity index (χ0) is 21.8. The summed E-state index contributed by atoms with van der Waals surface area (Å²) >= 11 is 18.5. The van der Waals surface area contributed by atoms with Crippen molar-refractivity contribution in [2.24, 2.45) is 0 Å². The molecule has 1 N–H and O–H groups in total. The highest BCUT2D eigenvalue weighted by Gasteiger charge is 2.35. The number of alkyl carbamates (subject to hydrolysis) is 1. The molecule has 0 aromatic heterocycles. The summed E-state index contributed by atoms with van der Waals surface area (Å²) in [5, 5.41) is 3.66. The summed E-state index contributed by atoms with van der Waals surface area (Å²) in [5.74, 6) is 0.376. The summed E-state index contributed by atoms with van der Waals surface area (Å²) < 4.78 is 10.8. The van der Waals surface area contributed by atoms with Gasteiger partial charge in [0.05, 0.1) is 17.2 Å². The molecule has 0 aliphatic carbocycles. The molecule has 29 heavy (non-hydrogen) atoms. The predicted octanol–water partition coefficient (Wildman–Crippen LogP) is 4.84. The highest BCUT2D eigenvalue weighted by atomic mass is 35.5. The molecule has 6 nitrogen and oxygen atoms in total. The van der Waals surface area contributed by atoms with E-state index < -0.39 is 11.7 Å². The minimum absolute atomic E-state index is 0.0148. The van der Waals surface area contributed by atoms with Gasteiger partial charge in [-0.1, -0.05) is 23.2 Å². The van der Waals surface area contributed by atoms with E-state index in [1.807, 2.05) is 0 Å². The minimum Gasteiger partial charge on any atom is -0.496 e. The lowest BCUT2D eigenvalue weighted by molar-refractivity contribution is -0.132. The quantitative estimate of drug-likeness (QED) is 0.632. The highest BCUT2D eigenvalue weighted by Crippen LogP contribution is 2.43. The van der Waals surface area contributed by atoms with E-state index >= 15 is 0 Å². The summed E-state index contributed by atoms with van der Waals surface area (Å²) in [5.41, 5.74) is 0.217. The second-order valence-corrected chi connectivity index (χ2v) is 9.01. The van der Waals surface area contributed by atoms with Crippen molar-refractivity contribution in [3.63, 3.8) is 0 Å². The molecule has 2 atom stereocenters. The number of benzene rings is 1. The van der Waals surface area contributed by atoms with Gasteiger partial charge in [-0.25, -0.2) is 4.79 Å². The largest absolute Gasteiger partial charge is 0.496 e. The number of piperidine rings is 1. The molecular weight excluding hydrogens is 439 g/mol. The van der Waals surface area contributed by atoms with Crippen molar-refractivity contribution in [1.82, 2.24) is 10.2 Å². The lowest BCUT2D eigenvalue weighted by Crippen LogP contribution is -2.51. The Hall–Kier alpha value is -1.37. The van der Waals surface area contributed by atoms with Gasteiger partial charge in [0.25, 0.3) is 0 Å². The fourth-order valence-corrected chi connectivity index (χ4v) is 4.16. The Kier molecular flexibility index (Phi) is 8.32. The summed E-state index contributed by atoms with van der Waals surface area (Å²) in [4.78, 5) is 26.1. The maximum Gasteiger partial charge on any atom is 0.407 e. The molecule has 9 heteroatoms. The second kappa shape index (κ2) is 10.1. The monoisotopic (exact) mass is 464 g/mol. The van der Waals surface area contributed by atoms with Crippen LogP contribution in [0.25, 0.3) is 0 Å². The highest BCUT2D eigenvalue weighted by molar-refractivity contribution is 6.42. The number of nitrogens with zero attached hydrogens (tertiary/aromatic N) is 1. The van der Waals surface area contributed by atoms with Crippen molar-refractivity contribution >= 4 is 46.8 Å². The van der Waals surface area contributed by atoms with Crippen molar-refractivity contribution in [1.29, 1.82) is 0 Å². The summed E-state index contributed by atoms with van der Waals surface area (Å²) in [6.07, 6.45) is 0.730. The van der Waals surface area contributed by atoms with Crippen molar-refractivity contribution in [2.45, 2.75) is 51.2 Å².